The molecule has 0 aromatic carbocycles. The fourth-order valence-electron chi connectivity index (χ4n) is 1.72. The van der Waals surface area contributed by atoms with E-state index in [-0.39, 0.29) is 16.5 Å². The summed E-state index contributed by atoms with van der Waals surface area (Å²) in [7, 11) is 0. The topological polar surface area (TPSA) is 75.6 Å². The van der Waals surface area contributed by atoms with Crippen molar-refractivity contribution in [3.63, 3.8) is 0 Å². The Morgan fingerprint density at radius 2 is 2.05 bits per heavy atom. The van der Waals surface area contributed by atoms with Crippen molar-refractivity contribution in [3.8, 4) is 5.75 Å². The first-order chi connectivity index (χ1) is 9.85. The second-order valence-electron chi connectivity index (χ2n) is 5.36. The van der Waals surface area contributed by atoms with Gasteiger partial charge in [-0.25, -0.2) is 4.79 Å². The Morgan fingerprint density at radius 3 is 2.57 bits per heavy atom. The SMILES string of the molecule is CCCc1cc(OC(C)C(=O)NCC(C)C)c(C(=O)O)s1. The number of carbonyl (C=O) groups excluding carboxylic acids is 1. The number of nitrogens with one attached hydrogen (secondary N) is 1. The molecule has 0 saturated heterocycles. The van der Waals surface area contributed by atoms with Gasteiger partial charge in [-0.2, -0.15) is 0 Å². The summed E-state index contributed by atoms with van der Waals surface area (Å²) in [5, 5.41) is 12.0. The van der Waals surface area contributed by atoms with E-state index >= 15 is 0 Å². The highest BCUT2D eigenvalue weighted by atomic mass is 32.1. The van der Waals surface area contributed by atoms with Crippen molar-refractivity contribution in [2.45, 2.75) is 46.6 Å². The number of thiophene rings is 1. The average molecular weight is 313 g/mol. The van der Waals surface area contributed by atoms with Gasteiger partial charge in [0.1, 0.15) is 5.75 Å². The van der Waals surface area contributed by atoms with Gasteiger partial charge in [0, 0.05) is 11.4 Å². The fourth-order valence-corrected chi connectivity index (χ4v) is 2.75. The Kier molecular flexibility index (Phi) is 6.68. The summed E-state index contributed by atoms with van der Waals surface area (Å²) in [5.41, 5.74) is 0. The zero-order valence-corrected chi connectivity index (χ0v) is 13.8. The Balaban J connectivity index is 2.76. The molecule has 0 aliphatic rings. The van der Waals surface area contributed by atoms with E-state index in [1.807, 2.05) is 20.8 Å². The lowest BCUT2D eigenvalue weighted by atomic mass is 10.2. The second-order valence-corrected chi connectivity index (χ2v) is 6.50. The van der Waals surface area contributed by atoms with Crippen molar-refractivity contribution in [2.75, 3.05) is 6.54 Å². The van der Waals surface area contributed by atoms with Crippen molar-refractivity contribution >= 4 is 23.2 Å². The molecular weight excluding hydrogens is 290 g/mol. The standard InChI is InChI=1S/C15H23NO4S/c1-5-6-11-7-12(13(21-11)15(18)19)20-10(4)14(17)16-8-9(2)3/h7,9-10H,5-6,8H2,1-4H3,(H,16,17)(H,18,19). The average Bonchev–Trinajstić information content (AvgIpc) is 2.79. The summed E-state index contributed by atoms with van der Waals surface area (Å²) in [6.07, 6.45) is 1.03. The quantitative estimate of drug-likeness (QED) is 0.773. The lowest BCUT2D eigenvalue weighted by Gasteiger charge is -2.15. The number of rotatable bonds is 8. The van der Waals surface area contributed by atoms with Gasteiger partial charge in [-0.1, -0.05) is 27.2 Å². The fraction of sp³-hybridized carbons (Fsp3) is 0.600. The monoisotopic (exact) mass is 313 g/mol. The number of ether oxygens (including phenoxy) is 1. The van der Waals surface area contributed by atoms with E-state index in [0.717, 1.165) is 17.7 Å². The van der Waals surface area contributed by atoms with Crippen LogP contribution in [0.2, 0.25) is 0 Å². The lowest BCUT2D eigenvalue weighted by Crippen LogP contribution is -2.38. The van der Waals surface area contributed by atoms with E-state index in [4.69, 9.17) is 4.74 Å². The van der Waals surface area contributed by atoms with Crippen LogP contribution in [0.15, 0.2) is 6.07 Å². The van der Waals surface area contributed by atoms with E-state index in [1.54, 1.807) is 13.0 Å². The van der Waals surface area contributed by atoms with Crippen LogP contribution >= 0.6 is 11.3 Å². The molecule has 1 amide bonds. The van der Waals surface area contributed by atoms with Crippen molar-refractivity contribution in [1.29, 1.82) is 0 Å². The molecule has 1 rings (SSSR count). The molecule has 21 heavy (non-hydrogen) atoms. The molecule has 0 spiro atoms. The lowest BCUT2D eigenvalue weighted by molar-refractivity contribution is -0.127. The number of amides is 1. The molecule has 1 aromatic rings. The summed E-state index contributed by atoms with van der Waals surface area (Å²) in [5.74, 6) is -0.619. The first kappa shape index (κ1) is 17.5. The van der Waals surface area contributed by atoms with Crippen LogP contribution in [0.1, 0.15) is 48.7 Å². The molecule has 0 saturated carbocycles. The van der Waals surface area contributed by atoms with Gasteiger partial charge >= 0.3 is 5.97 Å². The first-order valence-corrected chi connectivity index (χ1v) is 7.97. The van der Waals surface area contributed by atoms with Gasteiger partial charge in [-0.05, 0) is 25.3 Å². The van der Waals surface area contributed by atoms with E-state index < -0.39 is 12.1 Å². The van der Waals surface area contributed by atoms with Gasteiger partial charge in [-0.3, -0.25) is 4.79 Å². The van der Waals surface area contributed by atoms with Gasteiger partial charge in [0.25, 0.3) is 5.91 Å². The number of aryl methyl sites for hydroxylation is 1. The Bertz CT molecular complexity index is 496. The summed E-state index contributed by atoms with van der Waals surface area (Å²) < 4.78 is 5.55. The van der Waals surface area contributed by atoms with Crippen LogP contribution in [0.3, 0.4) is 0 Å². The number of carboxylic acid groups (broad SMARTS) is 1. The summed E-state index contributed by atoms with van der Waals surface area (Å²) in [4.78, 5) is 24.2. The molecular formula is C15H23NO4S. The minimum atomic E-state index is -1.02. The largest absolute Gasteiger partial charge is 0.479 e. The predicted octanol–water partition coefficient (Wildman–Crippen LogP) is 2.94. The summed E-state index contributed by atoms with van der Waals surface area (Å²) >= 11 is 1.21. The molecule has 0 fully saturated rings. The molecule has 1 aromatic heterocycles. The first-order valence-electron chi connectivity index (χ1n) is 7.15. The zero-order chi connectivity index (χ0) is 16.0. The van der Waals surface area contributed by atoms with Gasteiger partial charge in [0.05, 0.1) is 0 Å². The second kappa shape index (κ2) is 8.02. The van der Waals surface area contributed by atoms with E-state index in [1.165, 1.54) is 11.3 Å². The maximum absolute atomic E-state index is 11.9. The number of hydrogen-bond donors (Lipinski definition) is 2. The molecule has 0 bridgehead atoms. The normalized spacial score (nSPS) is 12.2. The van der Waals surface area contributed by atoms with Crippen molar-refractivity contribution in [2.24, 2.45) is 5.92 Å². The minimum absolute atomic E-state index is 0.155. The highest BCUT2D eigenvalue weighted by Gasteiger charge is 2.21. The van der Waals surface area contributed by atoms with Crippen LogP contribution in [0, 0.1) is 5.92 Å². The van der Waals surface area contributed by atoms with Crippen molar-refractivity contribution in [3.05, 3.63) is 15.8 Å². The van der Waals surface area contributed by atoms with Gasteiger partial charge in [-0.15, -0.1) is 11.3 Å². The summed E-state index contributed by atoms with van der Waals surface area (Å²) in [6, 6.07) is 1.73. The Morgan fingerprint density at radius 1 is 1.38 bits per heavy atom. The van der Waals surface area contributed by atoms with Crippen LogP contribution in [0.25, 0.3) is 0 Å². The molecule has 6 heteroatoms. The number of carbonyl (C=O) groups is 2. The Hall–Kier alpha value is -1.56. The highest BCUT2D eigenvalue weighted by molar-refractivity contribution is 7.14. The molecule has 118 valence electrons. The minimum Gasteiger partial charge on any atom is -0.479 e. The van der Waals surface area contributed by atoms with Gasteiger partial charge in [0.2, 0.25) is 0 Å². The molecule has 1 heterocycles. The molecule has 0 aliphatic carbocycles. The molecule has 5 nitrogen and oxygen atoms in total. The van der Waals surface area contributed by atoms with E-state index in [2.05, 4.69) is 5.32 Å². The van der Waals surface area contributed by atoms with Crippen LogP contribution < -0.4 is 10.1 Å². The maximum atomic E-state index is 11.9. The third-order valence-electron chi connectivity index (χ3n) is 2.80. The highest BCUT2D eigenvalue weighted by Crippen LogP contribution is 2.31. The molecule has 1 atom stereocenters. The van der Waals surface area contributed by atoms with Gasteiger partial charge in [0.15, 0.2) is 11.0 Å². The van der Waals surface area contributed by atoms with Crippen molar-refractivity contribution in [1.82, 2.24) is 5.32 Å². The zero-order valence-electron chi connectivity index (χ0n) is 12.9. The van der Waals surface area contributed by atoms with Crippen molar-refractivity contribution < 1.29 is 19.4 Å². The molecule has 2 N–H and O–H groups in total. The maximum Gasteiger partial charge on any atom is 0.349 e. The molecule has 1 unspecified atom stereocenters. The number of hydrogen-bond acceptors (Lipinski definition) is 4. The summed E-state index contributed by atoms with van der Waals surface area (Å²) in [6.45, 7) is 8.23. The van der Waals surface area contributed by atoms with E-state index in [9.17, 15) is 14.7 Å². The molecule has 0 radical (unpaired) electrons. The van der Waals surface area contributed by atoms with Crippen LogP contribution in [-0.4, -0.2) is 29.6 Å². The van der Waals surface area contributed by atoms with Crippen LogP contribution in [-0.2, 0) is 11.2 Å². The van der Waals surface area contributed by atoms with Crippen LogP contribution in [0.4, 0.5) is 0 Å². The number of aromatic carboxylic acids is 1. The third-order valence-corrected chi connectivity index (χ3v) is 3.96. The Labute approximate surface area is 129 Å². The van der Waals surface area contributed by atoms with Gasteiger partial charge < -0.3 is 15.2 Å². The smallest absolute Gasteiger partial charge is 0.349 e. The predicted molar refractivity (Wildman–Crippen MR) is 83.2 cm³/mol. The van der Waals surface area contributed by atoms with E-state index in [0.29, 0.717) is 12.5 Å². The third kappa shape index (κ3) is 5.38. The molecule has 0 aliphatic heterocycles. The number of carboxylic acids is 1. The van der Waals surface area contributed by atoms with Crippen LogP contribution in [0.5, 0.6) is 5.75 Å².